The number of fused-ring (bicyclic) bond motifs is 6. The molecule has 5 aromatic rings. The Balaban J connectivity index is 1.31. The average molecular weight is 587 g/mol. The second-order valence-corrected chi connectivity index (χ2v) is 13.4. The maximum Gasteiger partial charge on any atom is 0.159 e. The zero-order chi connectivity index (χ0) is 29.0. The molecule has 0 saturated heterocycles. The van der Waals surface area contributed by atoms with Crippen LogP contribution in [0.1, 0.15) is 34.9 Å². The highest BCUT2D eigenvalue weighted by atomic mass is 16.3. The number of hydrogen-bond acceptors (Lipinski definition) is 7. The van der Waals surface area contributed by atoms with Gasteiger partial charge in [0.2, 0.25) is 0 Å². The second kappa shape index (κ2) is 7.85. The summed E-state index contributed by atoms with van der Waals surface area (Å²) in [5, 5.41) is 2.35. The van der Waals surface area contributed by atoms with Crippen molar-refractivity contribution in [1.82, 2.24) is 9.80 Å². The highest BCUT2D eigenvalue weighted by molar-refractivity contribution is 6.10. The lowest BCUT2D eigenvalue weighted by Gasteiger charge is -2.49. The molecule has 10 aliphatic rings. The first kappa shape index (κ1) is 23.1. The van der Waals surface area contributed by atoms with Crippen LogP contribution in [0.15, 0.2) is 120 Å². The van der Waals surface area contributed by atoms with Gasteiger partial charge in [-0.05, 0) is 53.4 Å². The van der Waals surface area contributed by atoms with Gasteiger partial charge >= 0.3 is 0 Å². The number of rotatable bonds is 0. The molecule has 14 bridgehead atoms. The van der Waals surface area contributed by atoms with E-state index in [1.807, 2.05) is 0 Å². The first-order valence-electron chi connectivity index (χ1n) is 16.2. The zero-order valence-electron chi connectivity index (χ0n) is 24.6. The standard InChI is InChI=1S/C38H30N6O/c1-3-8-29-26(7-1)33-37-40-15-5-14-39-16-18-42(29)36(39)32-27-12-11-25-24-6-2-4-9-31(24)45-35(25)34(27)44-21-20-41(38(33)44)23-10-13-30(28(32)22-23)43(37)19-17-40/h1-4,6-13,16-22,32-33,36-38H,5,14-15H2. The summed E-state index contributed by atoms with van der Waals surface area (Å²) in [4.78, 5) is 15.5. The molecule has 7 nitrogen and oxygen atoms in total. The van der Waals surface area contributed by atoms with Crippen LogP contribution < -0.4 is 19.6 Å². The first-order chi connectivity index (χ1) is 22.3. The van der Waals surface area contributed by atoms with E-state index in [0.717, 1.165) is 30.7 Å². The Bertz CT molecular complexity index is 2210. The van der Waals surface area contributed by atoms with Crippen LogP contribution in [0, 0.1) is 0 Å². The molecule has 0 fully saturated rings. The Hall–Kier alpha value is -5.30. The summed E-state index contributed by atoms with van der Waals surface area (Å²) in [6, 6.07) is 29.7. The molecule has 10 aliphatic heterocycles. The molecule has 11 heterocycles. The van der Waals surface area contributed by atoms with Crippen LogP contribution in [0.4, 0.5) is 22.7 Å². The number of para-hydroxylation sites is 2. The van der Waals surface area contributed by atoms with Crippen LogP contribution in [0.3, 0.4) is 0 Å². The summed E-state index contributed by atoms with van der Waals surface area (Å²) in [5.74, 6) is 0.147. The molecule has 0 aliphatic carbocycles. The van der Waals surface area contributed by atoms with Crippen LogP contribution in [0.5, 0.6) is 0 Å². The lowest BCUT2D eigenvalue weighted by Crippen LogP contribution is -2.55. The molecule has 15 rings (SSSR count). The van der Waals surface area contributed by atoms with E-state index in [1.165, 1.54) is 50.2 Å². The third-order valence-electron chi connectivity index (χ3n) is 11.5. The molecular formula is C38H30N6O. The maximum absolute atomic E-state index is 6.90. The first-order valence-corrected chi connectivity index (χ1v) is 16.2. The van der Waals surface area contributed by atoms with Gasteiger partial charge in [-0.25, -0.2) is 0 Å². The molecule has 0 saturated carbocycles. The number of nitrogens with zero attached hydrogens (tertiary/aromatic N) is 6. The zero-order valence-corrected chi connectivity index (χ0v) is 24.6. The van der Waals surface area contributed by atoms with Crippen molar-refractivity contribution in [2.45, 2.75) is 36.8 Å². The van der Waals surface area contributed by atoms with E-state index < -0.39 is 0 Å². The van der Waals surface area contributed by atoms with E-state index in [9.17, 15) is 0 Å². The number of benzene rings is 4. The Morgan fingerprint density at radius 2 is 1.31 bits per heavy atom. The molecule has 45 heavy (non-hydrogen) atoms. The molecule has 0 N–H and O–H groups in total. The summed E-state index contributed by atoms with van der Waals surface area (Å²) >= 11 is 0. The van der Waals surface area contributed by atoms with Crippen molar-refractivity contribution >= 4 is 44.7 Å². The molecule has 1 aromatic heterocycles. The molecule has 0 amide bonds. The second-order valence-electron chi connectivity index (χ2n) is 13.4. The monoisotopic (exact) mass is 586 g/mol. The lowest BCUT2D eigenvalue weighted by atomic mass is 9.81. The highest BCUT2D eigenvalue weighted by Gasteiger charge is 2.54. The van der Waals surface area contributed by atoms with Gasteiger partial charge in [0.15, 0.2) is 5.58 Å². The fraction of sp³-hybridized carbons (Fsp3) is 0.211. The van der Waals surface area contributed by atoms with E-state index in [1.54, 1.807) is 0 Å². The van der Waals surface area contributed by atoms with Gasteiger partial charge < -0.3 is 33.8 Å². The van der Waals surface area contributed by atoms with Crippen molar-refractivity contribution < 1.29 is 4.42 Å². The summed E-state index contributed by atoms with van der Waals surface area (Å²) in [7, 11) is 0. The van der Waals surface area contributed by atoms with Gasteiger partial charge in [-0.1, -0.05) is 48.5 Å². The minimum Gasteiger partial charge on any atom is -0.454 e. The van der Waals surface area contributed by atoms with Crippen LogP contribution >= 0.6 is 0 Å². The largest absolute Gasteiger partial charge is 0.454 e. The Morgan fingerprint density at radius 1 is 0.556 bits per heavy atom. The summed E-state index contributed by atoms with van der Waals surface area (Å²) in [5.41, 5.74) is 11.1. The molecule has 4 aromatic carbocycles. The molecule has 7 heteroatoms. The minimum absolute atomic E-state index is 0.00745. The van der Waals surface area contributed by atoms with E-state index >= 15 is 0 Å². The average Bonchev–Trinajstić information content (AvgIpc) is 3.86. The Kier molecular flexibility index (Phi) is 4.04. The summed E-state index contributed by atoms with van der Waals surface area (Å²) in [6.07, 6.45) is 15.3. The van der Waals surface area contributed by atoms with Crippen molar-refractivity contribution in [3.63, 3.8) is 0 Å². The molecule has 5 atom stereocenters. The van der Waals surface area contributed by atoms with Crippen LogP contribution in [0.25, 0.3) is 21.9 Å². The predicted octanol–water partition coefficient (Wildman–Crippen LogP) is 7.21. The molecule has 0 spiro atoms. The van der Waals surface area contributed by atoms with Crippen molar-refractivity contribution in [3.8, 4) is 0 Å². The topological polar surface area (TPSA) is 32.6 Å². The smallest absolute Gasteiger partial charge is 0.159 e. The number of anilines is 4. The summed E-state index contributed by atoms with van der Waals surface area (Å²) in [6.45, 7) is 2.00. The van der Waals surface area contributed by atoms with Crippen LogP contribution in [0.2, 0.25) is 0 Å². The van der Waals surface area contributed by atoms with Gasteiger partial charge in [0.05, 0.1) is 17.5 Å². The fourth-order valence-corrected chi connectivity index (χ4v) is 9.72. The van der Waals surface area contributed by atoms with E-state index in [2.05, 4.69) is 145 Å². The minimum atomic E-state index is -0.00745. The van der Waals surface area contributed by atoms with Gasteiger partial charge in [-0.2, -0.15) is 0 Å². The van der Waals surface area contributed by atoms with Gasteiger partial charge in [0.25, 0.3) is 0 Å². The normalized spacial score (nSPS) is 27.4. The van der Waals surface area contributed by atoms with Gasteiger partial charge in [0.1, 0.15) is 24.1 Å². The predicted molar refractivity (Wildman–Crippen MR) is 178 cm³/mol. The highest BCUT2D eigenvalue weighted by Crippen LogP contribution is 2.57. The van der Waals surface area contributed by atoms with Gasteiger partial charge in [0, 0.05) is 78.1 Å². The fourth-order valence-electron chi connectivity index (χ4n) is 9.72. The van der Waals surface area contributed by atoms with E-state index in [0.29, 0.717) is 0 Å². The Labute approximate surface area is 260 Å². The number of furan rings is 1. The quantitative estimate of drug-likeness (QED) is 0.190. The summed E-state index contributed by atoms with van der Waals surface area (Å²) < 4.78 is 6.90. The molecular weight excluding hydrogens is 556 g/mol. The van der Waals surface area contributed by atoms with Crippen molar-refractivity contribution in [2.75, 3.05) is 32.7 Å². The number of hydrogen-bond donors (Lipinski definition) is 0. The van der Waals surface area contributed by atoms with Gasteiger partial charge in [-0.3, -0.25) is 0 Å². The maximum atomic E-state index is 6.90. The van der Waals surface area contributed by atoms with E-state index in [4.69, 9.17) is 4.42 Å². The lowest BCUT2D eigenvalue weighted by molar-refractivity contribution is 0.228. The SMILES string of the molecule is C1=CN2c3ccccc3C3C4N5C=CN4c4ccc6cc4C(c4ccc7c(oc8ccccc87)c4N4C=CN6C34)C2N1CCC5. The van der Waals surface area contributed by atoms with Crippen molar-refractivity contribution in [1.29, 1.82) is 0 Å². The van der Waals surface area contributed by atoms with Crippen LogP contribution in [-0.4, -0.2) is 41.4 Å². The molecule has 0 radical (unpaired) electrons. The molecule has 218 valence electrons. The van der Waals surface area contributed by atoms with E-state index in [-0.39, 0.29) is 30.3 Å². The Morgan fingerprint density at radius 3 is 2.24 bits per heavy atom. The van der Waals surface area contributed by atoms with Crippen molar-refractivity contribution in [3.05, 3.63) is 133 Å². The third kappa shape index (κ3) is 2.67. The van der Waals surface area contributed by atoms with Crippen LogP contribution in [-0.2, 0) is 0 Å². The molecule has 5 unspecified atom stereocenters. The van der Waals surface area contributed by atoms with Crippen molar-refractivity contribution in [2.24, 2.45) is 0 Å². The van der Waals surface area contributed by atoms with Gasteiger partial charge in [-0.15, -0.1) is 0 Å². The third-order valence-corrected chi connectivity index (χ3v) is 11.5.